The molecule has 0 atom stereocenters. The van der Waals surface area contributed by atoms with Crippen molar-refractivity contribution in [2.75, 3.05) is 0 Å². The van der Waals surface area contributed by atoms with E-state index in [1.54, 1.807) is 6.07 Å². The number of hydrogen-bond acceptors (Lipinski definition) is 3. The molecular formula is C15H16Br2N2O. The summed E-state index contributed by atoms with van der Waals surface area (Å²) in [6.07, 6.45) is 0.771. The highest BCUT2D eigenvalue weighted by atomic mass is 79.9. The minimum Gasteiger partial charge on any atom is -0.439 e. The summed E-state index contributed by atoms with van der Waals surface area (Å²) in [6, 6.07) is 7.79. The van der Waals surface area contributed by atoms with Crippen LogP contribution in [-0.2, 0) is 6.42 Å². The third-order valence-electron chi connectivity index (χ3n) is 2.84. The van der Waals surface area contributed by atoms with Gasteiger partial charge in [0.2, 0.25) is 5.88 Å². The molecule has 0 spiro atoms. The molecule has 1 aromatic heterocycles. The molecule has 0 N–H and O–H groups in total. The first-order valence-electron chi connectivity index (χ1n) is 6.50. The van der Waals surface area contributed by atoms with Crippen molar-refractivity contribution < 1.29 is 4.74 Å². The standard InChI is InChI=1S/C15H16Br2N2O/c1-4-14-18-13(17)8-15(19-14)20-12-6-5-10(16)7-11(12)9(2)3/h5-9H,4H2,1-3H3. The van der Waals surface area contributed by atoms with Gasteiger partial charge in [0.05, 0.1) is 0 Å². The van der Waals surface area contributed by atoms with Gasteiger partial charge in [0.1, 0.15) is 16.2 Å². The quantitative estimate of drug-likeness (QED) is 0.638. The molecule has 0 saturated carbocycles. The Kier molecular flexibility index (Phi) is 5.16. The zero-order valence-corrected chi connectivity index (χ0v) is 14.8. The second-order valence-corrected chi connectivity index (χ2v) is 6.47. The lowest BCUT2D eigenvalue weighted by Gasteiger charge is -2.14. The highest BCUT2D eigenvalue weighted by molar-refractivity contribution is 9.10. The summed E-state index contributed by atoms with van der Waals surface area (Å²) in [5.41, 5.74) is 1.15. The van der Waals surface area contributed by atoms with E-state index in [1.807, 2.05) is 19.1 Å². The Hall–Kier alpha value is -0.940. The number of nitrogens with zero attached hydrogens (tertiary/aromatic N) is 2. The fourth-order valence-electron chi connectivity index (χ4n) is 1.83. The summed E-state index contributed by atoms with van der Waals surface area (Å²) >= 11 is 6.88. The molecule has 0 aliphatic rings. The van der Waals surface area contributed by atoms with Crippen molar-refractivity contribution in [1.82, 2.24) is 9.97 Å². The largest absolute Gasteiger partial charge is 0.439 e. The Morgan fingerprint density at radius 1 is 1.15 bits per heavy atom. The highest BCUT2D eigenvalue weighted by Crippen LogP contribution is 2.32. The Labute approximate surface area is 136 Å². The minimum absolute atomic E-state index is 0.374. The highest BCUT2D eigenvalue weighted by Gasteiger charge is 2.11. The van der Waals surface area contributed by atoms with E-state index in [0.29, 0.717) is 11.8 Å². The van der Waals surface area contributed by atoms with Gasteiger partial charge in [0, 0.05) is 17.0 Å². The van der Waals surface area contributed by atoms with Gasteiger partial charge in [-0.15, -0.1) is 0 Å². The molecule has 5 heteroatoms. The predicted molar refractivity (Wildman–Crippen MR) is 87.4 cm³/mol. The second kappa shape index (κ2) is 6.68. The smallest absolute Gasteiger partial charge is 0.223 e. The number of benzene rings is 1. The Bertz CT molecular complexity index is 615. The molecule has 0 unspecified atom stereocenters. The number of rotatable bonds is 4. The van der Waals surface area contributed by atoms with E-state index in [9.17, 15) is 0 Å². The molecule has 1 aromatic carbocycles. The SMILES string of the molecule is CCc1nc(Br)cc(Oc2ccc(Br)cc2C(C)C)n1. The maximum Gasteiger partial charge on any atom is 0.223 e. The third kappa shape index (κ3) is 3.79. The summed E-state index contributed by atoms with van der Waals surface area (Å²) < 4.78 is 7.73. The van der Waals surface area contributed by atoms with E-state index in [-0.39, 0.29) is 0 Å². The van der Waals surface area contributed by atoms with E-state index in [0.717, 1.165) is 32.6 Å². The van der Waals surface area contributed by atoms with Crippen LogP contribution in [0.5, 0.6) is 11.6 Å². The molecule has 20 heavy (non-hydrogen) atoms. The fourth-order valence-corrected chi connectivity index (χ4v) is 2.61. The summed E-state index contributed by atoms with van der Waals surface area (Å²) in [5.74, 6) is 2.53. The lowest BCUT2D eigenvalue weighted by molar-refractivity contribution is 0.449. The number of aryl methyl sites for hydroxylation is 1. The molecule has 3 nitrogen and oxygen atoms in total. The molecule has 0 fully saturated rings. The average Bonchev–Trinajstić information content (AvgIpc) is 2.40. The van der Waals surface area contributed by atoms with Gasteiger partial charge >= 0.3 is 0 Å². The van der Waals surface area contributed by atoms with Gasteiger partial charge < -0.3 is 4.74 Å². The monoisotopic (exact) mass is 398 g/mol. The second-order valence-electron chi connectivity index (χ2n) is 4.74. The number of halogens is 2. The van der Waals surface area contributed by atoms with E-state index >= 15 is 0 Å². The first kappa shape index (κ1) is 15.4. The Balaban J connectivity index is 2.37. The van der Waals surface area contributed by atoms with Crippen LogP contribution in [0.15, 0.2) is 33.3 Å². The maximum atomic E-state index is 5.95. The molecule has 0 amide bonds. The van der Waals surface area contributed by atoms with Crippen molar-refractivity contribution in [2.24, 2.45) is 0 Å². The van der Waals surface area contributed by atoms with E-state index < -0.39 is 0 Å². The van der Waals surface area contributed by atoms with Crippen LogP contribution in [0, 0.1) is 0 Å². The van der Waals surface area contributed by atoms with Gasteiger partial charge in [-0.3, -0.25) is 0 Å². The van der Waals surface area contributed by atoms with Crippen molar-refractivity contribution in [1.29, 1.82) is 0 Å². The first-order valence-corrected chi connectivity index (χ1v) is 8.09. The normalized spacial score (nSPS) is 10.9. The summed E-state index contributed by atoms with van der Waals surface area (Å²) in [6.45, 7) is 6.30. The maximum absolute atomic E-state index is 5.95. The van der Waals surface area contributed by atoms with Gasteiger partial charge in [-0.05, 0) is 45.6 Å². The predicted octanol–water partition coefficient (Wildman–Crippen LogP) is 5.48. The number of hydrogen-bond donors (Lipinski definition) is 0. The Morgan fingerprint density at radius 3 is 2.55 bits per heavy atom. The van der Waals surface area contributed by atoms with E-state index in [2.05, 4.69) is 61.7 Å². The molecule has 0 saturated heterocycles. The lowest BCUT2D eigenvalue weighted by atomic mass is 10.0. The number of aromatic nitrogens is 2. The number of ether oxygens (including phenoxy) is 1. The minimum atomic E-state index is 0.374. The van der Waals surface area contributed by atoms with Crippen molar-refractivity contribution in [3.8, 4) is 11.6 Å². The topological polar surface area (TPSA) is 35.0 Å². The molecule has 0 aliphatic carbocycles. The van der Waals surface area contributed by atoms with Crippen molar-refractivity contribution in [2.45, 2.75) is 33.1 Å². The first-order chi connectivity index (χ1) is 9.49. The zero-order valence-electron chi connectivity index (χ0n) is 11.7. The summed E-state index contributed by atoms with van der Waals surface area (Å²) in [7, 11) is 0. The van der Waals surface area contributed by atoms with Crippen LogP contribution in [0.4, 0.5) is 0 Å². The zero-order chi connectivity index (χ0) is 14.7. The van der Waals surface area contributed by atoms with Gasteiger partial charge in [-0.25, -0.2) is 4.98 Å². The average molecular weight is 400 g/mol. The van der Waals surface area contributed by atoms with Crippen LogP contribution in [0.3, 0.4) is 0 Å². The van der Waals surface area contributed by atoms with E-state index in [4.69, 9.17) is 4.74 Å². The van der Waals surface area contributed by atoms with Crippen LogP contribution in [0.1, 0.15) is 38.1 Å². The molecule has 0 bridgehead atoms. The molecule has 0 radical (unpaired) electrons. The van der Waals surface area contributed by atoms with Crippen LogP contribution < -0.4 is 4.74 Å². The van der Waals surface area contributed by atoms with Crippen LogP contribution in [0.2, 0.25) is 0 Å². The van der Waals surface area contributed by atoms with Gasteiger partial charge in [0.25, 0.3) is 0 Å². The van der Waals surface area contributed by atoms with Gasteiger partial charge in [-0.2, -0.15) is 4.98 Å². The van der Waals surface area contributed by atoms with Crippen LogP contribution in [-0.4, -0.2) is 9.97 Å². The van der Waals surface area contributed by atoms with Gasteiger partial charge in [-0.1, -0.05) is 36.7 Å². The molecule has 2 aromatic rings. The van der Waals surface area contributed by atoms with E-state index in [1.165, 1.54) is 0 Å². The van der Waals surface area contributed by atoms with Crippen molar-refractivity contribution in [3.63, 3.8) is 0 Å². The van der Waals surface area contributed by atoms with Crippen LogP contribution >= 0.6 is 31.9 Å². The fraction of sp³-hybridized carbons (Fsp3) is 0.333. The lowest BCUT2D eigenvalue weighted by Crippen LogP contribution is -1.99. The van der Waals surface area contributed by atoms with Crippen molar-refractivity contribution in [3.05, 3.63) is 44.7 Å². The molecule has 1 heterocycles. The summed E-state index contributed by atoms with van der Waals surface area (Å²) in [5, 5.41) is 0. The molecule has 0 aliphatic heterocycles. The van der Waals surface area contributed by atoms with Gasteiger partial charge in [0.15, 0.2) is 0 Å². The molecular weight excluding hydrogens is 384 g/mol. The Morgan fingerprint density at radius 2 is 1.90 bits per heavy atom. The summed E-state index contributed by atoms with van der Waals surface area (Å²) in [4.78, 5) is 8.68. The third-order valence-corrected chi connectivity index (χ3v) is 3.74. The molecule has 2 rings (SSSR count). The molecule has 106 valence electrons. The van der Waals surface area contributed by atoms with Crippen molar-refractivity contribution >= 4 is 31.9 Å². The van der Waals surface area contributed by atoms with Crippen LogP contribution in [0.25, 0.3) is 0 Å².